The van der Waals surface area contributed by atoms with Crippen molar-refractivity contribution in [3.63, 3.8) is 0 Å². The van der Waals surface area contributed by atoms with E-state index in [1.54, 1.807) is 0 Å². The minimum atomic E-state index is -1.34. The number of nitrogens with zero attached hydrogens (tertiary/aromatic N) is 2. The zero-order chi connectivity index (χ0) is 11.6. The van der Waals surface area contributed by atoms with Crippen LogP contribution in [0.1, 0.15) is 12.8 Å². The molecule has 0 saturated heterocycles. The van der Waals surface area contributed by atoms with Gasteiger partial charge in [-0.1, -0.05) is 0 Å². The van der Waals surface area contributed by atoms with Crippen molar-refractivity contribution in [2.45, 2.75) is 24.9 Å². The summed E-state index contributed by atoms with van der Waals surface area (Å²) in [5, 5.41) is 29.5. The van der Waals surface area contributed by atoms with E-state index in [2.05, 4.69) is 0 Å². The predicted octanol–water partition coefficient (Wildman–Crippen LogP) is 0.0818. The largest absolute Gasteiger partial charge is 0.478 e. The van der Waals surface area contributed by atoms with Crippen molar-refractivity contribution in [1.82, 2.24) is 0 Å². The summed E-state index contributed by atoms with van der Waals surface area (Å²) >= 11 is 0. The number of nitro groups is 2. The second kappa shape index (κ2) is 4.03. The lowest BCUT2D eigenvalue weighted by Gasteiger charge is -2.16. The molecule has 2 unspecified atom stereocenters. The minimum absolute atomic E-state index is 0.253. The Morgan fingerprint density at radius 3 is 2.40 bits per heavy atom. The van der Waals surface area contributed by atoms with Gasteiger partial charge in [0.25, 0.3) is 0 Å². The fraction of sp³-hybridized carbons (Fsp3) is 0.571. The van der Waals surface area contributed by atoms with Gasteiger partial charge in [-0.15, -0.1) is 0 Å². The molecule has 1 aliphatic carbocycles. The molecule has 0 spiro atoms. The molecule has 82 valence electrons. The number of hydrogen-bond acceptors (Lipinski definition) is 5. The summed E-state index contributed by atoms with van der Waals surface area (Å²) in [6, 6.07) is -2.46. The molecule has 0 fully saturated rings. The summed E-state index contributed by atoms with van der Waals surface area (Å²) in [5.74, 6) is -1.34. The Morgan fingerprint density at radius 1 is 1.40 bits per heavy atom. The van der Waals surface area contributed by atoms with Crippen LogP contribution < -0.4 is 0 Å². The number of carboxylic acid groups (broad SMARTS) is 1. The molecule has 1 aliphatic rings. The van der Waals surface area contributed by atoms with E-state index in [1.807, 2.05) is 0 Å². The monoisotopic (exact) mass is 216 g/mol. The number of aliphatic carboxylic acids is 1. The Labute approximate surface area is 83.5 Å². The summed E-state index contributed by atoms with van der Waals surface area (Å²) in [6.07, 6.45) is 0.464. The van der Waals surface area contributed by atoms with Crippen LogP contribution in [0.5, 0.6) is 0 Å². The molecular formula is C7H8N2O6. The van der Waals surface area contributed by atoms with E-state index < -0.39 is 27.9 Å². The molecule has 2 atom stereocenters. The van der Waals surface area contributed by atoms with Crippen LogP contribution in [-0.2, 0) is 4.79 Å². The molecule has 0 heterocycles. The topological polar surface area (TPSA) is 124 Å². The fourth-order valence-corrected chi connectivity index (χ4v) is 1.45. The molecule has 15 heavy (non-hydrogen) atoms. The number of carbonyl (C=O) groups is 1. The molecule has 8 heteroatoms. The molecule has 0 amide bonds. The molecule has 0 radical (unpaired) electrons. The molecule has 0 aromatic heterocycles. The summed E-state index contributed by atoms with van der Waals surface area (Å²) in [5.41, 5.74) is -0.260. The Kier molecular flexibility index (Phi) is 2.98. The zero-order valence-corrected chi connectivity index (χ0v) is 7.53. The van der Waals surface area contributed by atoms with Crippen molar-refractivity contribution in [1.29, 1.82) is 0 Å². The van der Waals surface area contributed by atoms with Crippen LogP contribution >= 0.6 is 0 Å². The summed E-state index contributed by atoms with van der Waals surface area (Å²) < 4.78 is 0. The molecule has 1 N–H and O–H groups in total. The number of carboxylic acids is 1. The first-order chi connectivity index (χ1) is 6.91. The Balaban J connectivity index is 2.94. The smallest absolute Gasteiger partial charge is 0.331 e. The van der Waals surface area contributed by atoms with Gasteiger partial charge in [0, 0.05) is 21.8 Å². The summed E-state index contributed by atoms with van der Waals surface area (Å²) in [7, 11) is 0. The predicted molar refractivity (Wildman–Crippen MR) is 46.5 cm³/mol. The molecule has 1 rings (SSSR count). The first-order valence-electron chi connectivity index (χ1n) is 4.12. The van der Waals surface area contributed by atoms with Crippen LogP contribution in [0.4, 0.5) is 0 Å². The van der Waals surface area contributed by atoms with Crippen molar-refractivity contribution in [3.8, 4) is 0 Å². The lowest BCUT2D eigenvalue weighted by molar-refractivity contribution is -0.555. The van der Waals surface area contributed by atoms with Crippen molar-refractivity contribution < 1.29 is 19.7 Å². The maximum absolute atomic E-state index is 10.6. The standard InChI is InChI=1S/C7H8N2O6/c10-7(11)4-1-5(8(12)13)3-6(2-4)9(14)15/h1,5-6H,2-3H2,(H,10,11). The van der Waals surface area contributed by atoms with Crippen molar-refractivity contribution in [2.24, 2.45) is 0 Å². The third-order valence-corrected chi connectivity index (χ3v) is 2.21. The van der Waals surface area contributed by atoms with E-state index in [0.29, 0.717) is 0 Å². The van der Waals surface area contributed by atoms with Gasteiger partial charge in [-0.25, -0.2) is 4.79 Å². The molecule has 0 aromatic carbocycles. The van der Waals surface area contributed by atoms with Crippen LogP contribution in [0, 0.1) is 20.2 Å². The van der Waals surface area contributed by atoms with Gasteiger partial charge in [-0.2, -0.15) is 0 Å². The minimum Gasteiger partial charge on any atom is -0.478 e. The number of hydrogen-bond donors (Lipinski definition) is 1. The lowest BCUT2D eigenvalue weighted by Crippen LogP contribution is -2.34. The van der Waals surface area contributed by atoms with E-state index in [0.717, 1.165) is 6.08 Å². The Morgan fingerprint density at radius 2 is 2.00 bits per heavy atom. The van der Waals surface area contributed by atoms with Crippen molar-refractivity contribution in [2.75, 3.05) is 0 Å². The summed E-state index contributed by atoms with van der Waals surface area (Å²) in [6.45, 7) is 0. The second-order valence-electron chi connectivity index (χ2n) is 3.23. The van der Waals surface area contributed by atoms with Gasteiger partial charge in [0.15, 0.2) is 0 Å². The normalized spacial score (nSPS) is 25.5. The average Bonchev–Trinajstić information content (AvgIpc) is 2.16. The van der Waals surface area contributed by atoms with Gasteiger partial charge in [0.2, 0.25) is 12.1 Å². The van der Waals surface area contributed by atoms with Crippen LogP contribution in [0.25, 0.3) is 0 Å². The SMILES string of the molecule is O=C(O)C1=CC([N+](=O)[O-])CC([N+](=O)[O-])C1. The maximum atomic E-state index is 10.6. The zero-order valence-electron chi connectivity index (χ0n) is 7.53. The average molecular weight is 216 g/mol. The highest BCUT2D eigenvalue weighted by molar-refractivity contribution is 5.86. The van der Waals surface area contributed by atoms with Crippen LogP contribution in [0.2, 0.25) is 0 Å². The quantitative estimate of drug-likeness (QED) is 0.526. The highest BCUT2D eigenvalue weighted by atomic mass is 16.6. The molecule has 0 aliphatic heterocycles. The molecule has 0 bridgehead atoms. The molecule has 0 saturated carbocycles. The van der Waals surface area contributed by atoms with E-state index in [9.17, 15) is 25.0 Å². The highest BCUT2D eigenvalue weighted by Crippen LogP contribution is 2.22. The van der Waals surface area contributed by atoms with Gasteiger partial charge < -0.3 is 5.11 Å². The van der Waals surface area contributed by atoms with Gasteiger partial charge in [-0.05, 0) is 6.08 Å². The third-order valence-electron chi connectivity index (χ3n) is 2.21. The van der Waals surface area contributed by atoms with E-state index in [-0.39, 0.29) is 18.4 Å². The van der Waals surface area contributed by atoms with Crippen LogP contribution in [0.3, 0.4) is 0 Å². The molecule has 8 nitrogen and oxygen atoms in total. The van der Waals surface area contributed by atoms with E-state index >= 15 is 0 Å². The molecular weight excluding hydrogens is 208 g/mol. The Hall–Kier alpha value is -1.99. The number of rotatable bonds is 3. The van der Waals surface area contributed by atoms with Crippen LogP contribution in [-0.4, -0.2) is 33.0 Å². The van der Waals surface area contributed by atoms with E-state index in [1.165, 1.54) is 0 Å². The fourth-order valence-electron chi connectivity index (χ4n) is 1.45. The van der Waals surface area contributed by atoms with E-state index in [4.69, 9.17) is 5.11 Å². The van der Waals surface area contributed by atoms with Gasteiger partial charge in [0.1, 0.15) is 0 Å². The van der Waals surface area contributed by atoms with Gasteiger partial charge >= 0.3 is 5.97 Å². The second-order valence-corrected chi connectivity index (χ2v) is 3.23. The molecule has 0 aromatic rings. The van der Waals surface area contributed by atoms with Crippen LogP contribution in [0.15, 0.2) is 11.6 Å². The van der Waals surface area contributed by atoms with Crippen molar-refractivity contribution >= 4 is 5.97 Å². The first-order valence-corrected chi connectivity index (χ1v) is 4.12. The highest BCUT2D eigenvalue weighted by Gasteiger charge is 2.37. The first kappa shape index (κ1) is 11.1. The third kappa shape index (κ3) is 2.48. The Bertz CT molecular complexity index is 349. The van der Waals surface area contributed by atoms with Gasteiger partial charge in [0.05, 0.1) is 6.42 Å². The maximum Gasteiger partial charge on any atom is 0.331 e. The lowest BCUT2D eigenvalue weighted by atomic mass is 9.92. The summed E-state index contributed by atoms with van der Waals surface area (Å²) in [4.78, 5) is 30.1. The van der Waals surface area contributed by atoms with Crippen molar-refractivity contribution in [3.05, 3.63) is 31.9 Å². The van der Waals surface area contributed by atoms with Gasteiger partial charge in [-0.3, -0.25) is 20.2 Å².